The van der Waals surface area contributed by atoms with E-state index < -0.39 is 6.10 Å². The Bertz CT molecular complexity index is 1110. The van der Waals surface area contributed by atoms with Gasteiger partial charge in [0.1, 0.15) is 13.2 Å². The highest BCUT2D eigenvalue weighted by Gasteiger charge is 2.19. The summed E-state index contributed by atoms with van der Waals surface area (Å²) >= 11 is 0. The first-order valence-corrected chi connectivity index (χ1v) is 33.4. The van der Waals surface area contributed by atoms with Gasteiger partial charge in [-0.15, -0.1) is 0 Å². The maximum absolute atomic E-state index is 12.9. The van der Waals surface area contributed by atoms with Crippen LogP contribution in [0.1, 0.15) is 387 Å². The molecule has 6 nitrogen and oxygen atoms in total. The van der Waals surface area contributed by atoms with Crippen LogP contribution < -0.4 is 0 Å². The van der Waals surface area contributed by atoms with Crippen LogP contribution in [-0.2, 0) is 28.6 Å². The zero-order chi connectivity index (χ0) is 53.0. The first-order chi connectivity index (χ1) is 35.9. The third-order valence-corrected chi connectivity index (χ3v) is 15.9. The Morgan fingerprint density at radius 3 is 0.712 bits per heavy atom. The average molecular weight is 1030 g/mol. The van der Waals surface area contributed by atoms with Crippen LogP contribution in [-0.4, -0.2) is 37.2 Å². The SMILES string of the molecule is CCCCCCCCCCCCCCCCCCCCCC(=O)OC[C@H](COC(=O)CCCCCCCCCCCCCCCC)OC(=O)CCCCCCCCCCCCCCCCCCCCC(C)CC. The topological polar surface area (TPSA) is 78.9 Å². The summed E-state index contributed by atoms with van der Waals surface area (Å²) in [4.78, 5) is 38.3. The van der Waals surface area contributed by atoms with E-state index in [0.29, 0.717) is 19.3 Å². The molecule has 0 aliphatic carbocycles. The molecule has 0 heterocycles. The van der Waals surface area contributed by atoms with Gasteiger partial charge in [0.15, 0.2) is 6.10 Å². The first kappa shape index (κ1) is 71.4. The van der Waals surface area contributed by atoms with Gasteiger partial charge in [-0.25, -0.2) is 0 Å². The van der Waals surface area contributed by atoms with Gasteiger partial charge in [-0.3, -0.25) is 14.4 Å². The summed E-state index contributed by atoms with van der Waals surface area (Å²) in [5, 5.41) is 0. The molecule has 0 saturated heterocycles. The number of carbonyl (C=O) groups is 3. The summed E-state index contributed by atoms with van der Waals surface area (Å²) in [5.74, 6) is 0.0847. The zero-order valence-electron chi connectivity index (χ0n) is 50.1. The molecule has 73 heavy (non-hydrogen) atoms. The van der Waals surface area contributed by atoms with Gasteiger partial charge in [-0.2, -0.15) is 0 Å². The highest BCUT2D eigenvalue weighted by molar-refractivity contribution is 5.71. The van der Waals surface area contributed by atoms with Gasteiger partial charge in [0.25, 0.3) is 0 Å². The van der Waals surface area contributed by atoms with Crippen molar-refractivity contribution in [3.63, 3.8) is 0 Å². The number of ether oxygens (including phenoxy) is 3. The average Bonchev–Trinajstić information content (AvgIpc) is 3.39. The van der Waals surface area contributed by atoms with Gasteiger partial charge < -0.3 is 14.2 Å². The van der Waals surface area contributed by atoms with Crippen molar-refractivity contribution < 1.29 is 28.6 Å². The Balaban J connectivity index is 4.25. The molecule has 0 radical (unpaired) electrons. The van der Waals surface area contributed by atoms with Crippen LogP contribution in [0.5, 0.6) is 0 Å². The lowest BCUT2D eigenvalue weighted by atomic mass is 9.99. The monoisotopic (exact) mass is 1030 g/mol. The molecule has 0 aromatic carbocycles. The van der Waals surface area contributed by atoms with Gasteiger partial charge in [-0.1, -0.05) is 349 Å². The lowest BCUT2D eigenvalue weighted by Gasteiger charge is -2.18. The minimum atomic E-state index is -0.763. The standard InChI is InChI=1S/C67H130O6/c1-5-8-10-12-14-16-18-20-22-23-24-28-31-35-39-43-47-51-55-59-66(69)72-62-64(61-71-65(68)58-54-50-46-42-38-34-21-19-17-15-13-11-9-6-2)73-67(70)60-56-52-48-44-40-36-32-29-26-25-27-30-33-37-41-45-49-53-57-63(4)7-3/h63-64H,5-62H2,1-4H3/t63?,64-/m0/s1. The van der Waals surface area contributed by atoms with Crippen molar-refractivity contribution in [2.45, 2.75) is 393 Å². The second-order valence-corrected chi connectivity index (χ2v) is 23.4. The fraction of sp³-hybridized carbons (Fsp3) is 0.955. The lowest BCUT2D eigenvalue weighted by Crippen LogP contribution is -2.30. The van der Waals surface area contributed by atoms with Crippen LogP contribution >= 0.6 is 0 Å². The maximum atomic E-state index is 12.9. The molecule has 0 spiro atoms. The molecular formula is C67H130O6. The van der Waals surface area contributed by atoms with Gasteiger partial charge in [0.2, 0.25) is 0 Å². The van der Waals surface area contributed by atoms with Crippen molar-refractivity contribution >= 4 is 17.9 Å². The molecule has 0 saturated carbocycles. The predicted octanol–water partition coefficient (Wildman–Crippen LogP) is 22.5. The Labute approximate surface area is 457 Å². The molecule has 0 bridgehead atoms. The molecule has 0 aromatic heterocycles. The molecule has 6 heteroatoms. The summed E-state index contributed by atoms with van der Waals surface area (Å²) in [5.41, 5.74) is 0. The third-order valence-electron chi connectivity index (χ3n) is 15.9. The molecule has 434 valence electrons. The van der Waals surface area contributed by atoms with E-state index in [1.807, 2.05) is 0 Å². The van der Waals surface area contributed by atoms with Crippen molar-refractivity contribution in [3.8, 4) is 0 Å². The predicted molar refractivity (Wildman–Crippen MR) is 317 cm³/mol. The van der Waals surface area contributed by atoms with Crippen LogP contribution in [0, 0.1) is 5.92 Å². The number of hydrogen-bond donors (Lipinski definition) is 0. The van der Waals surface area contributed by atoms with Gasteiger partial charge in [-0.05, 0) is 25.2 Å². The molecule has 0 fully saturated rings. The summed E-state index contributed by atoms with van der Waals surface area (Å²) < 4.78 is 17.0. The highest BCUT2D eigenvalue weighted by Crippen LogP contribution is 2.19. The normalized spacial score (nSPS) is 12.3. The molecular weight excluding hydrogens is 901 g/mol. The van der Waals surface area contributed by atoms with Crippen molar-refractivity contribution in [2.75, 3.05) is 13.2 Å². The van der Waals surface area contributed by atoms with Crippen LogP contribution in [0.25, 0.3) is 0 Å². The zero-order valence-corrected chi connectivity index (χ0v) is 50.1. The van der Waals surface area contributed by atoms with E-state index in [1.165, 1.54) is 283 Å². The highest BCUT2D eigenvalue weighted by atomic mass is 16.6. The van der Waals surface area contributed by atoms with E-state index in [1.54, 1.807) is 0 Å². The second kappa shape index (κ2) is 61.3. The Morgan fingerprint density at radius 1 is 0.274 bits per heavy atom. The quantitative estimate of drug-likeness (QED) is 0.0343. The van der Waals surface area contributed by atoms with E-state index in [0.717, 1.165) is 63.7 Å². The number of carbonyl (C=O) groups excluding carboxylic acids is 3. The van der Waals surface area contributed by atoms with Gasteiger partial charge >= 0.3 is 17.9 Å². The van der Waals surface area contributed by atoms with Crippen molar-refractivity contribution in [1.82, 2.24) is 0 Å². The van der Waals surface area contributed by atoms with Crippen molar-refractivity contribution in [2.24, 2.45) is 5.92 Å². The fourth-order valence-electron chi connectivity index (χ4n) is 10.5. The first-order valence-electron chi connectivity index (χ1n) is 33.4. The number of esters is 3. The Morgan fingerprint density at radius 2 is 0.479 bits per heavy atom. The summed E-state index contributed by atoms with van der Waals surface area (Å²) in [6.07, 6.45) is 69.6. The van der Waals surface area contributed by atoms with Crippen molar-refractivity contribution in [3.05, 3.63) is 0 Å². The van der Waals surface area contributed by atoms with E-state index in [4.69, 9.17) is 14.2 Å². The van der Waals surface area contributed by atoms with Crippen LogP contribution in [0.15, 0.2) is 0 Å². The molecule has 0 rings (SSSR count). The molecule has 0 aromatic rings. The molecule has 0 N–H and O–H groups in total. The van der Waals surface area contributed by atoms with E-state index in [2.05, 4.69) is 27.7 Å². The summed E-state index contributed by atoms with van der Waals surface area (Å²) in [6.45, 7) is 9.14. The van der Waals surface area contributed by atoms with E-state index in [-0.39, 0.29) is 31.1 Å². The molecule has 0 aliphatic rings. The minimum Gasteiger partial charge on any atom is -0.462 e. The number of rotatable bonds is 62. The number of hydrogen-bond acceptors (Lipinski definition) is 6. The smallest absolute Gasteiger partial charge is 0.306 e. The molecule has 0 aliphatic heterocycles. The van der Waals surface area contributed by atoms with E-state index >= 15 is 0 Å². The number of unbranched alkanes of at least 4 members (excludes halogenated alkanes) is 48. The van der Waals surface area contributed by atoms with Crippen molar-refractivity contribution in [1.29, 1.82) is 0 Å². The third kappa shape index (κ3) is 59.5. The van der Waals surface area contributed by atoms with E-state index in [9.17, 15) is 14.4 Å². The van der Waals surface area contributed by atoms with Crippen LogP contribution in [0.4, 0.5) is 0 Å². The van der Waals surface area contributed by atoms with Gasteiger partial charge in [0, 0.05) is 19.3 Å². The Kier molecular flexibility index (Phi) is 59.9. The fourth-order valence-corrected chi connectivity index (χ4v) is 10.5. The maximum Gasteiger partial charge on any atom is 0.306 e. The summed E-state index contributed by atoms with van der Waals surface area (Å²) in [7, 11) is 0. The van der Waals surface area contributed by atoms with Crippen LogP contribution in [0.3, 0.4) is 0 Å². The minimum absolute atomic E-state index is 0.0608. The summed E-state index contributed by atoms with van der Waals surface area (Å²) in [6, 6.07) is 0. The Hall–Kier alpha value is -1.59. The largest absolute Gasteiger partial charge is 0.462 e. The molecule has 0 amide bonds. The van der Waals surface area contributed by atoms with Gasteiger partial charge in [0.05, 0.1) is 0 Å². The van der Waals surface area contributed by atoms with Crippen LogP contribution in [0.2, 0.25) is 0 Å². The molecule has 2 atom stereocenters. The second-order valence-electron chi connectivity index (χ2n) is 23.4. The molecule has 1 unspecified atom stereocenters. The lowest BCUT2D eigenvalue weighted by molar-refractivity contribution is -0.167.